The second kappa shape index (κ2) is 9.29. The van der Waals surface area contributed by atoms with Gasteiger partial charge in [0, 0.05) is 12.5 Å². The molecule has 2 amide bonds. The first-order chi connectivity index (χ1) is 14.8. The Morgan fingerprint density at radius 3 is 2.26 bits per heavy atom. The molecule has 0 aliphatic heterocycles. The van der Waals surface area contributed by atoms with Gasteiger partial charge in [-0.1, -0.05) is 37.3 Å². The summed E-state index contributed by atoms with van der Waals surface area (Å²) in [6.45, 7) is 2.65. The maximum atomic E-state index is 13.8. The van der Waals surface area contributed by atoms with Gasteiger partial charge in [0.25, 0.3) is 5.56 Å². The third-order valence-corrected chi connectivity index (χ3v) is 4.46. The predicted octanol–water partition coefficient (Wildman–Crippen LogP) is 3.35. The lowest BCUT2D eigenvalue weighted by atomic mass is 10.1. The molecule has 0 fully saturated rings. The normalized spacial score (nSPS) is 10.6. The summed E-state index contributed by atoms with van der Waals surface area (Å²) in [6.07, 6.45) is 0.844. The predicted molar refractivity (Wildman–Crippen MR) is 113 cm³/mol. The fraction of sp³-hybridized carbons (Fsp3) is 0.182. The van der Waals surface area contributed by atoms with Crippen LogP contribution in [0.1, 0.15) is 19.4 Å². The maximum absolute atomic E-state index is 13.8. The van der Waals surface area contributed by atoms with Crippen LogP contribution in [0.2, 0.25) is 0 Å². The lowest BCUT2D eigenvalue weighted by Crippen LogP contribution is -2.32. The van der Waals surface area contributed by atoms with E-state index in [0.29, 0.717) is 11.3 Å². The summed E-state index contributed by atoms with van der Waals surface area (Å²) in [5.41, 5.74) is 0.698. The van der Waals surface area contributed by atoms with E-state index in [1.807, 2.05) is 31.2 Å². The summed E-state index contributed by atoms with van der Waals surface area (Å²) in [4.78, 5) is 36.5. The summed E-state index contributed by atoms with van der Waals surface area (Å²) >= 11 is 0. The Morgan fingerprint density at radius 1 is 1.03 bits per heavy atom. The highest BCUT2D eigenvalue weighted by Crippen LogP contribution is 2.20. The van der Waals surface area contributed by atoms with Crippen molar-refractivity contribution < 1.29 is 18.4 Å². The van der Waals surface area contributed by atoms with Crippen molar-refractivity contribution in [1.29, 1.82) is 0 Å². The maximum Gasteiger partial charge on any atom is 0.291 e. The zero-order valence-electron chi connectivity index (χ0n) is 16.9. The van der Waals surface area contributed by atoms with E-state index < -0.39 is 41.2 Å². The molecule has 0 bridgehead atoms. The number of nitrogens with zero attached hydrogens (tertiary/aromatic N) is 2. The summed E-state index contributed by atoms with van der Waals surface area (Å²) < 4.78 is 28.4. The number of para-hydroxylation sites is 1. The molecule has 3 aromatic rings. The number of rotatable bonds is 6. The van der Waals surface area contributed by atoms with E-state index in [0.717, 1.165) is 28.8 Å². The summed E-state index contributed by atoms with van der Waals surface area (Å²) in [5, 5.41) is 8.73. The van der Waals surface area contributed by atoms with Crippen LogP contribution in [0.3, 0.4) is 0 Å². The lowest BCUT2D eigenvalue weighted by molar-refractivity contribution is -0.117. The van der Waals surface area contributed by atoms with Gasteiger partial charge in [0.15, 0.2) is 0 Å². The average molecular weight is 426 g/mol. The number of amides is 2. The van der Waals surface area contributed by atoms with Crippen molar-refractivity contribution in [2.75, 3.05) is 10.6 Å². The lowest BCUT2D eigenvalue weighted by Gasteiger charge is -2.12. The van der Waals surface area contributed by atoms with Gasteiger partial charge in [-0.2, -0.15) is 5.10 Å². The number of hydrogen-bond acceptors (Lipinski definition) is 4. The molecule has 0 radical (unpaired) electrons. The van der Waals surface area contributed by atoms with Gasteiger partial charge in [0.05, 0.1) is 5.69 Å². The molecule has 31 heavy (non-hydrogen) atoms. The molecule has 0 spiro atoms. The molecular weight excluding hydrogens is 406 g/mol. The van der Waals surface area contributed by atoms with Crippen LogP contribution in [-0.2, 0) is 22.6 Å². The molecule has 9 heteroatoms. The van der Waals surface area contributed by atoms with Crippen molar-refractivity contribution in [3.8, 4) is 11.3 Å². The topological polar surface area (TPSA) is 93.1 Å². The number of carbonyl (C=O) groups is 2. The number of anilines is 2. The standard InChI is InChI=1S/C22H20F2N4O3/c1-3-14-7-9-15(10-8-14)18-11-19(25-13(2)29)22(31)28(27-18)12-20(30)26-21-16(23)5-4-6-17(21)24/h4-11H,3,12H2,1-2H3,(H,25,29)(H,26,30). The number of benzene rings is 2. The van der Waals surface area contributed by atoms with Crippen LogP contribution in [0, 0.1) is 11.6 Å². The number of aryl methyl sites for hydroxylation is 1. The number of aromatic nitrogens is 2. The molecule has 0 saturated carbocycles. The van der Waals surface area contributed by atoms with Crippen LogP contribution >= 0.6 is 0 Å². The minimum atomic E-state index is -0.947. The SMILES string of the molecule is CCc1ccc(-c2cc(NC(C)=O)c(=O)n(CC(=O)Nc3c(F)cccc3F)n2)cc1. The van der Waals surface area contributed by atoms with Gasteiger partial charge in [0.2, 0.25) is 11.8 Å². The van der Waals surface area contributed by atoms with Crippen LogP contribution in [0.15, 0.2) is 53.3 Å². The zero-order chi connectivity index (χ0) is 22.5. The van der Waals surface area contributed by atoms with Crippen molar-refractivity contribution in [2.24, 2.45) is 0 Å². The van der Waals surface area contributed by atoms with E-state index in [1.165, 1.54) is 19.1 Å². The van der Waals surface area contributed by atoms with Crippen LogP contribution in [0.25, 0.3) is 11.3 Å². The van der Waals surface area contributed by atoms with E-state index in [-0.39, 0.29) is 5.69 Å². The largest absolute Gasteiger partial charge is 0.322 e. The van der Waals surface area contributed by atoms with Crippen LogP contribution in [-0.4, -0.2) is 21.6 Å². The Bertz CT molecular complexity index is 1170. The van der Waals surface area contributed by atoms with Crippen molar-refractivity contribution in [1.82, 2.24) is 9.78 Å². The molecular formula is C22H20F2N4O3. The number of carbonyl (C=O) groups excluding carboxylic acids is 2. The first-order valence-corrected chi connectivity index (χ1v) is 9.51. The van der Waals surface area contributed by atoms with Crippen LogP contribution < -0.4 is 16.2 Å². The molecule has 160 valence electrons. The second-order valence-electron chi connectivity index (χ2n) is 6.78. The number of halogens is 2. The molecule has 1 aromatic heterocycles. The first-order valence-electron chi connectivity index (χ1n) is 9.51. The molecule has 0 unspecified atom stereocenters. The van der Waals surface area contributed by atoms with E-state index in [2.05, 4.69) is 15.7 Å². The van der Waals surface area contributed by atoms with Gasteiger partial charge < -0.3 is 10.6 Å². The third-order valence-electron chi connectivity index (χ3n) is 4.46. The van der Waals surface area contributed by atoms with Gasteiger partial charge in [0.1, 0.15) is 29.6 Å². The van der Waals surface area contributed by atoms with Crippen LogP contribution in [0.4, 0.5) is 20.2 Å². The fourth-order valence-corrected chi connectivity index (χ4v) is 2.91. The molecule has 0 atom stereocenters. The van der Waals surface area contributed by atoms with Crippen molar-refractivity contribution in [2.45, 2.75) is 26.8 Å². The van der Waals surface area contributed by atoms with Crippen LogP contribution in [0.5, 0.6) is 0 Å². The van der Waals surface area contributed by atoms with E-state index >= 15 is 0 Å². The number of hydrogen-bond donors (Lipinski definition) is 2. The molecule has 1 heterocycles. The Kier molecular flexibility index (Phi) is 6.54. The Hall–Kier alpha value is -3.88. The minimum absolute atomic E-state index is 0.0676. The highest BCUT2D eigenvalue weighted by Gasteiger charge is 2.16. The molecule has 3 rings (SSSR count). The molecule has 2 aromatic carbocycles. The molecule has 0 aliphatic carbocycles. The third kappa shape index (κ3) is 5.19. The molecule has 2 N–H and O–H groups in total. The Balaban J connectivity index is 1.96. The van der Waals surface area contributed by atoms with Crippen molar-refractivity contribution in [3.05, 3.63) is 76.1 Å². The zero-order valence-corrected chi connectivity index (χ0v) is 16.9. The smallest absolute Gasteiger partial charge is 0.291 e. The van der Waals surface area contributed by atoms with Gasteiger partial charge in [-0.05, 0) is 30.2 Å². The Morgan fingerprint density at radius 2 is 1.68 bits per heavy atom. The minimum Gasteiger partial charge on any atom is -0.322 e. The summed E-state index contributed by atoms with van der Waals surface area (Å²) in [7, 11) is 0. The van der Waals surface area contributed by atoms with Crippen molar-refractivity contribution in [3.63, 3.8) is 0 Å². The van der Waals surface area contributed by atoms with E-state index in [4.69, 9.17) is 0 Å². The van der Waals surface area contributed by atoms with E-state index in [1.54, 1.807) is 0 Å². The van der Waals surface area contributed by atoms with E-state index in [9.17, 15) is 23.2 Å². The van der Waals surface area contributed by atoms with Gasteiger partial charge in [-0.3, -0.25) is 14.4 Å². The monoisotopic (exact) mass is 426 g/mol. The highest BCUT2D eigenvalue weighted by atomic mass is 19.1. The molecule has 0 saturated heterocycles. The Labute approximate surface area is 176 Å². The van der Waals surface area contributed by atoms with Gasteiger partial charge in [-0.15, -0.1) is 0 Å². The number of nitrogens with one attached hydrogen (secondary N) is 2. The average Bonchev–Trinajstić information content (AvgIpc) is 2.73. The second-order valence-corrected chi connectivity index (χ2v) is 6.78. The quantitative estimate of drug-likeness (QED) is 0.632. The summed E-state index contributed by atoms with van der Waals surface area (Å²) in [5.74, 6) is -3.22. The van der Waals surface area contributed by atoms with Gasteiger partial charge in [-0.25, -0.2) is 13.5 Å². The van der Waals surface area contributed by atoms with Crippen molar-refractivity contribution >= 4 is 23.2 Å². The fourth-order valence-electron chi connectivity index (χ4n) is 2.91. The molecule has 0 aliphatic rings. The molecule has 7 nitrogen and oxygen atoms in total. The highest BCUT2D eigenvalue weighted by molar-refractivity contribution is 5.91. The first kappa shape index (κ1) is 21.8. The van der Waals surface area contributed by atoms with Gasteiger partial charge >= 0.3 is 0 Å². The summed E-state index contributed by atoms with van der Waals surface area (Å²) in [6, 6.07) is 12.0.